The van der Waals surface area contributed by atoms with Gasteiger partial charge in [-0.25, -0.2) is 0 Å². The average Bonchev–Trinajstić information content (AvgIpc) is 2.34. The first-order valence-corrected chi connectivity index (χ1v) is 4.97. The monoisotopic (exact) mass is 218 g/mol. The first-order valence-electron chi connectivity index (χ1n) is 4.97. The molecule has 0 aliphatic rings. The third kappa shape index (κ3) is 3.32. The molecule has 0 N–H and O–H groups in total. The maximum atomic E-state index is 10.8. The summed E-state index contributed by atoms with van der Waals surface area (Å²) >= 11 is 0. The van der Waals surface area contributed by atoms with Crippen LogP contribution in [-0.2, 0) is 0 Å². The van der Waals surface area contributed by atoms with Gasteiger partial charge in [0.25, 0.3) is 0 Å². The number of ether oxygens (including phenoxy) is 2. The Morgan fingerprint density at radius 3 is 2.88 bits per heavy atom. The van der Waals surface area contributed by atoms with Crippen molar-refractivity contribution < 1.29 is 14.3 Å². The second-order valence-electron chi connectivity index (χ2n) is 3.05. The summed E-state index contributed by atoms with van der Waals surface area (Å²) in [5.41, 5.74) is 0.519. The lowest BCUT2D eigenvalue weighted by Gasteiger charge is -2.08. The Kier molecular flexibility index (Phi) is 4.94. The molecule has 16 heavy (non-hydrogen) atoms. The van der Waals surface area contributed by atoms with Crippen molar-refractivity contribution in [2.45, 2.75) is 13.3 Å². The first-order chi connectivity index (χ1) is 7.81. The molecule has 0 saturated heterocycles. The molecule has 1 rings (SSSR count). The average molecular weight is 218 g/mol. The Morgan fingerprint density at radius 1 is 1.44 bits per heavy atom. The lowest BCUT2D eigenvalue weighted by Crippen LogP contribution is -1.99. The molecular weight excluding hydrogens is 204 g/mol. The van der Waals surface area contributed by atoms with Crippen molar-refractivity contribution in [3.8, 4) is 23.3 Å². The van der Waals surface area contributed by atoms with Crippen molar-refractivity contribution >= 4 is 6.29 Å². The van der Waals surface area contributed by atoms with E-state index in [1.54, 1.807) is 32.2 Å². The number of methoxy groups -OCH3 is 1. The van der Waals surface area contributed by atoms with Gasteiger partial charge in [-0.2, -0.15) is 0 Å². The van der Waals surface area contributed by atoms with E-state index in [1.807, 2.05) is 0 Å². The number of rotatable bonds is 5. The fourth-order valence-electron chi connectivity index (χ4n) is 1.20. The highest BCUT2D eigenvalue weighted by Gasteiger charge is 2.04. The zero-order valence-corrected chi connectivity index (χ0v) is 9.45. The highest BCUT2D eigenvalue weighted by molar-refractivity contribution is 5.79. The van der Waals surface area contributed by atoms with Gasteiger partial charge >= 0.3 is 0 Å². The van der Waals surface area contributed by atoms with Gasteiger partial charge in [-0.3, -0.25) is 4.79 Å². The van der Waals surface area contributed by atoms with E-state index < -0.39 is 0 Å². The maximum Gasteiger partial charge on any atom is 0.153 e. The molecule has 0 bridgehead atoms. The van der Waals surface area contributed by atoms with Gasteiger partial charge in [0, 0.05) is 12.5 Å². The SMILES string of the molecule is CC#CCCOc1cc(OC)ccc1C=O. The van der Waals surface area contributed by atoms with Crippen LogP contribution in [0.5, 0.6) is 11.5 Å². The van der Waals surface area contributed by atoms with Gasteiger partial charge in [0.2, 0.25) is 0 Å². The molecular formula is C13H14O3. The van der Waals surface area contributed by atoms with E-state index in [0.29, 0.717) is 30.1 Å². The van der Waals surface area contributed by atoms with Crippen molar-refractivity contribution in [1.29, 1.82) is 0 Å². The zero-order chi connectivity index (χ0) is 11.8. The first kappa shape index (κ1) is 12.1. The van der Waals surface area contributed by atoms with Crippen molar-refractivity contribution in [3.63, 3.8) is 0 Å². The summed E-state index contributed by atoms with van der Waals surface area (Å²) in [6.45, 7) is 2.25. The van der Waals surface area contributed by atoms with Gasteiger partial charge < -0.3 is 9.47 Å². The molecule has 0 amide bonds. The fraction of sp³-hybridized carbons (Fsp3) is 0.308. The summed E-state index contributed by atoms with van der Waals surface area (Å²) in [5.74, 6) is 6.87. The molecule has 0 atom stereocenters. The van der Waals surface area contributed by atoms with Crippen molar-refractivity contribution in [2.75, 3.05) is 13.7 Å². The molecule has 0 aromatic heterocycles. The summed E-state index contributed by atoms with van der Waals surface area (Å²) in [7, 11) is 1.57. The summed E-state index contributed by atoms with van der Waals surface area (Å²) in [6.07, 6.45) is 1.41. The number of carbonyl (C=O) groups excluding carboxylic acids is 1. The normalized spacial score (nSPS) is 8.88. The predicted molar refractivity (Wildman–Crippen MR) is 61.9 cm³/mol. The molecule has 0 aliphatic carbocycles. The number of hydrogen-bond acceptors (Lipinski definition) is 3. The van der Waals surface area contributed by atoms with Crippen molar-refractivity contribution in [2.24, 2.45) is 0 Å². The second-order valence-corrected chi connectivity index (χ2v) is 3.05. The highest BCUT2D eigenvalue weighted by Crippen LogP contribution is 2.23. The van der Waals surface area contributed by atoms with Crippen LogP contribution < -0.4 is 9.47 Å². The summed E-state index contributed by atoms with van der Waals surface area (Å²) in [4.78, 5) is 10.8. The lowest BCUT2D eigenvalue weighted by atomic mass is 10.2. The molecule has 0 saturated carbocycles. The molecule has 0 aliphatic heterocycles. The number of carbonyl (C=O) groups is 1. The van der Waals surface area contributed by atoms with Gasteiger partial charge in [0.15, 0.2) is 6.29 Å². The Bertz CT molecular complexity index is 413. The third-order valence-electron chi connectivity index (χ3n) is 2.01. The molecule has 0 heterocycles. The van der Waals surface area contributed by atoms with Gasteiger partial charge in [0.05, 0.1) is 19.3 Å². The minimum atomic E-state index is 0.467. The van der Waals surface area contributed by atoms with Crippen LogP contribution in [0.1, 0.15) is 23.7 Å². The highest BCUT2D eigenvalue weighted by atomic mass is 16.5. The van der Waals surface area contributed by atoms with Crippen LogP contribution >= 0.6 is 0 Å². The largest absolute Gasteiger partial charge is 0.497 e. The van der Waals surface area contributed by atoms with Crippen molar-refractivity contribution in [1.82, 2.24) is 0 Å². The van der Waals surface area contributed by atoms with E-state index in [9.17, 15) is 4.79 Å². The molecule has 0 spiro atoms. The number of aldehydes is 1. The molecule has 1 aromatic rings. The minimum Gasteiger partial charge on any atom is -0.497 e. The Labute approximate surface area is 95.4 Å². The Balaban J connectivity index is 2.73. The van der Waals surface area contributed by atoms with Crippen molar-refractivity contribution in [3.05, 3.63) is 23.8 Å². The van der Waals surface area contributed by atoms with Crippen LogP contribution in [0.2, 0.25) is 0 Å². The molecule has 84 valence electrons. The lowest BCUT2D eigenvalue weighted by molar-refractivity contribution is 0.111. The van der Waals surface area contributed by atoms with Crippen LogP contribution in [0.25, 0.3) is 0 Å². The zero-order valence-electron chi connectivity index (χ0n) is 9.45. The van der Waals surface area contributed by atoms with E-state index in [4.69, 9.17) is 9.47 Å². The molecule has 1 aromatic carbocycles. The van der Waals surface area contributed by atoms with E-state index in [0.717, 1.165) is 6.29 Å². The van der Waals surface area contributed by atoms with E-state index in [2.05, 4.69) is 11.8 Å². The maximum absolute atomic E-state index is 10.8. The number of hydrogen-bond donors (Lipinski definition) is 0. The third-order valence-corrected chi connectivity index (χ3v) is 2.01. The van der Waals surface area contributed by atoms with E-state index in [-0.39, 0.29) is 0 Å². The summed E-state index contributed by atoms with van der Waals surface area (Å²) < 4.78 is 10.5. The fourth-order valence-corrected chi connectivity index (χ4v) is 1.20. The van der Waals surface area contributed by atoms with Crippen LogP contribution in [0.4, 0.5) is 0 Å². The molecule has 0 radical (unpaired) electrons. The quantitative estimate of drug-likeness (QED) is 0.432. The molecule has 0 unspecified atom stereocenters. The standard InChI is InChI=1S/C13H14O3/c1-3-4-5-8-16-13-9-12(15-2)7-6-11(13)10-14/h6-7,9-10H,5,8H2,1-2H3. The minimum absolute atomic E-state index is 0.467. The van der Waals surface area contributed by atoms with Gasteiger partial charge in [-0.05, 0) is 19.1 Å². The Morgan fingerprint density at radius 2 is 2.25 bits per heavy atom. The van der Waals surface area contributed by atoms with Gasteiger partial charge in [-0.15, -0.1) is 11.8 Å². The van der Waals surface area contributed by atoms with Crippen LogP contribution in [0.15, 0.2) is 18.2 Å². The van der Waals surface area contributed by atoms with Crippen LogP contribution in [0, 0.1) is 11.8 Å². The molecule has 3 nitrogen and oxygen atoms in total. The van der Waals surface area contributed by atoms with E-state index >= 15 is 0 Å². The molecule has 0 fully saturated rings. The summed E-state index contributed by atoms with van der Waals surface area (Å²) in [6, 6.07) is 5.10. The molecule has 3 heteroatoms. The summed E-state index contributed by atoms with van der Waals surface area (Å²) in [5, 5.41) is 0. The van der Waals surface area contributed by atoms with Gasteiger partial charge in [0.1, 0.15) is 11.5 Å². The smallest absolute Gasteiger partial charge is 0.153 e. The van der Waals surface area contributed by atoms with Gasteiger partial charge in [-0.1, -0.05) is 0 Å². The Hall–Kier alpha value is -1.95. The second kappa shape index (κ2) is 6.52. The van der Waals surface area contributed by atoms with Crippen LogP contribution in [-0.4, -0.2) is 20.0 Å². The predicted octanol–water partition coefficient (Wildman–Crippen LogP) is 2.30. The number of benzene rings is 1. The van der Waals surface area contributed by atoms with Crippen LogP contribution in [0.3, 0.4) is 0 Å². The van der Waals surface area contributed by atoms with E-state index in [1.165, 1.54) is 0 Å². The topological polar surface area (TPSA) is 35.5 Å².